The third-order valence-corrected chi connectivity index (χ3v) is 6.18. The summed E-state index contributed by atoms with van der Waals surface area (Å²) in [4.78, 5) is 30.6. The zero-order valence-corrected chi connectivity index (χ0v) is 17.1. The number of hydrogen-bond donors (Lipinski definition) is 1. The molecule has 0 saturated carbocycles. The lowest BCUT2D eigenvalue weighted by Gasteiger charge is -2.35. The molecule has 7 heteroatoms. The maximum absolute atomic E-state index is 12.8. The lowest BCUT2D eigenvalue weighted by atomic mass is 9.87. The number of benzene rings is 1. The Bertz CT molecular complexity index is 1100. The molecule has 0 spiro atoms. The van der Waals surface area contributed by atoms with Gasteiger partial charge in [0.05, 0.1) is 11.4 Å². The molecule has 1 fully saturated rings. The minimum atomic E-state index is -0.762. The quantitative estimate of drug-likeness (QED) is 0.735. The summed E-state index contributed by atoms with van der Waals surface area (Å²) in [7, 11) is 0. The SMILES string of the molecule is Cc1nc2c3ccccc3nn2c(C)c1CCC(=O)N1CCC(C(=O)O)C(C)C1. The molecule has 4 rings (SSSR count). The van der Waals surface area contributed by atoms with E-state index in [2.05, 4.69) is 5.10 Å². The topological polar surface area (TPSA) is 87.8 Å². The minimum absolute atomic E-state index is 0.0248. The van der Waals surface area contributed by atoms with E-state index in [1.807, 2.05) is 54.5 Å². The second kappa shape index (κ2) is 7.46. The highest BCUT2D eigenvalue weighted by Gasteiger charge is 2.32. The van der Waals surface area contributed by atoms with Crippen LogP contribution >= 0.6 is 0 Å². The van der Waals surface area contributed by atoms with Crippen molar-refractivity contribution in [2.75, 3.05) is 13.1 Å². The number of carboxylic acid groups (broad SMARTS) is 1. The van der Waals surface area contributed by atoms with E-state index in [1.165, 1.54) is 0 Å². The summed E-state index contributed by atoms with van der Waals surface area (Å²) < 4.78 is 1.87. The van der Waals surface area contributed by atoms with Crippen LogP contribution in [0.2, 0.25) is 0 Å². The Morgan fingerprint density at radius 2 is 2.00 bits per heavy atom. The van der Waals surface area contributed by atoms with Crippen LogP contribution in [0.1, 0.15) is 36.7 Å². The van der Waals surface area contributed by atoms with Gasteiger partial charge < -0.3 is 10.0 Å². The zero-order chi connectivity index (χ0) is 20.7. The summed E-state index contributed by atoms with van der Waals surface area (Å²) in [6.45, 7) is 6.94. The molecule has 29 heavy (non-hydrogen) atoms. The first-order valence-corrected chi connectivity index (χ1v) is 10.1. The zero-order valence-electron chi connectivity index (χ0n) is 17.1. The highest BCUT2D eigenvalue weighted by molar-refractivity contribution is 5.92. The second-order valence-corrected chi connectivity index (χ2v) is 8.06. The molecule has 1 saturated heterocycles. The molecule has 0 aliphatic carbocycles. The number of rotatable bonds is 4. The Morgan fingerprint density at radius 3 is 2.72 bits per heavy atom. The van der Waals surface area contributed by atoms with E-state index in [0.717, 1.165) is 33.5 Å². The highest BCUT2D eigenvalue weighted by Crippen LogP contribution is 2.26. The van der Waals surface area contributed by atoms with E-state index in [9.17, 15) is 14.7 Å². The van der Waals surface area contributed by atoms with Crippen LogP contribution < -0.4 is 0 Å². The van der Waals surface area contributed by atoms with Gasteiger partial charge >= 0.3 is 5.97 Å². The lowest BCUT2D eigenvalue weighted by Crippen LogP contribution is -2.45. The standard InChI is InChI=1S/C22H26N4O3/c1-13-12-25(11-10-16(13)22(28)29)20(27)9-8-17-14(2)23-21-18-6-4-5-7-19(18)24-26(21)15(17)3/h4-7,13,16H,8-12H2,1-3H3,(H,28,29). The van der Waals surface area contributed by atoms with Crippen molar-refractivity contribution in [3.8, 4) is 0 Å². The first-order valence-electron chi connectivity index (χ1n) is 10.1. The van der Waals surface area contributed by atoms with Crippen LogP contribution in [0.25, 0.3) is 16.6 Å². The van der Waals surface area contributed by atoms with Gasteiger partial charge in [0.1, 0.15) is 0 Å². The molecule has 1 N–H and O–H groups in total. The smallest absolute Gasteiger partial charge is 0.306 e. The van der Waals surface area contributed by atoms with Crippen LogP contribution in [0.5, 0.6) is 0 Å². The summed E-state index contributed by atoms with van der Waals surface area (Å²) in [5.74, 6) is -1.07. The second-order valence-electron chi connectivity index (χ2n) is 8.06. The van der Waals surface area contributed by atoms with Crippen molar-refractivity contribution in [3.05, 3.63) is 41.2 Å². The van der Waals surface area contributed by atoms with Gasteiger partial charge in [-0.15, -0.1) is 0 Å². The van der Waals surface area contributed by atoms with E-state index in [0.29, 0.717) is 32.4 Å². The van der Waals surface area contributed by atoms with Gasteiger partial charge in [-0.1, -0.05) is 19.1 Å². The molecule has 2 aromatic heterocycles. The van der Waals surface area contributed by atoms with Gasteiger partial charge in [-0.2, -0.15) is 5.10 Å². The molecule has 1 aromatic carbocycles. The Kier molecular flexibility index (Phi) is 4.98. The summed E-state index contributed by atoms with van der Waals surface area (Å²) in [5.41, 5.74) is 4.73. The molecule has 3 aromatic rings. The Hall–Kier alpha value is -2.96. The molecule has 2 unspecified atom stereocenters. The van der Waals surface area contributed by atoms with E-state index in [1.54, 1.807) is 0 Å². The first kappa shape index (κ1) is 19.4. The summed E-state index contributed by atoms with van der Waals surface area (Å²) in [6.07, 6.45) is 1.51. The third kappa shape index (κ3) is 3.45. The van der Waals surface area contributed by atoms with Crippen molar-refractivity contribution in [1.82, 2.24) is 19.5 Å². The average molecular weight is 394 g/mol. The highest BCUT2D eigenvalue weighted by atomic mass is 16.4. The van der Waals surface area contributed by atoms with Crippen molar-refractivity contribution >= 4 is 28.4 Å². The number of aromatic nitrogens is 3. The Balaban J connectivity index is 1.52. The van der Waals surface area contributed by atoms with E-state index in [4.69, 9.17) is 4.98 Å². The van der Waals surface area contributed by atoms with Gasteiger partial charge in [0.15, 0.2) is 5.65 Å². The monoisotopic (exact) mass is 394 g/mol. The van der Waals surface area contributed by atoms with E-state index >= 15 is 0 Å². The number of fused-ring (bicyclic) bond motifs is 3. The molecular formula is C22H26N4O3. The fourth-order valence-electron chi connectivity index (χ4n) is 4.47. The average Bonchev–Trinajstić information content (AvgIpc) is 3.06. The molecule has 2 atom stereocenters. The third-order valence-electron chi connectivity index (χ3n) is 6.18. The van der Waals surface area contributed by atoms with Gasteiger partial charge in [-0.05, 0) is 50.3 Å². The molecule has 0 radical (unpaired) electrons. The maximum Gasteiger partial charge on any atom is 0.306 e. The van der Waals surface area contributed by atoms with E-state index < -0.39 is 5.97 Å². The number of hydrogen-bond acceptors (Lipinski definition) is 4. The predicted molar refractivity (Wildman–Crippen MR) is 110 cm³/mol. The summed E-state index contributed by atoms with van der Waals surface area (Å²) >= 11 is 0. The van der Waals surface area contributed by atoms with Gasteiger partial charge in [-0.3, -0.25) is 9.59 Å². The number of aliphatic carboxylic acids is 1. The molecular weight excluding hydrogens is 368 g/mol. The number of piperidine rings is 1. The molecule has 1 aliphatic heterocycles. The fourth-order valence-corrected chi connectivity index (χ4v) is 4.47. The minimum Gasteiger partial charge on any atom is -0.481 e. The molecule has 0 bridgehead atoms. The van der Waals surface area contributed by atoms with Gasteiger partial charge in [-0.25, -0.2) is 9.50 Å². The number of carbonyl (C=O) groups is 2. The molecule has 3 heterocycles. The van der Waals surface area contributed by atoms with Crippen molar-refractivity contribution in [3.63, 3.8) is 0 Å². The van der Waals surface area contributed by atoms with Gasteiger partial charge in [0.25, 0.3) is 0 Å². The number of carbonyl (C=O) groups excluding carboxylic acids is 1. The largest absolute Gasteiger partial charge is 0.481 e. The van der Waals surface area contributed by atoms with Gasteiger partial charge in [0.2, 0.25) is 5.91 Å². The van der Waals surface area contributed by atoms with Crippen LogP contribution in [0, 0.1) is 25.7 Å². The maximum atomic E-state index is 12.8. The number of likely N-dealkylation sites (tertiary alicyclic amines) is 1. The molecule has 152 valence electrons. The van der Waals surface area contributed by atoms with Gasteiger partial charge in [0, 0.05) is 36.3 Å². The van der Waals surface area contributed by atoms with Crippen molar-refractivity contribution in [1.29, 1.82) is 0 Å². The first-order chi connectivity index (χ1) is 13.9. The van der Waals surface area contributed by atoms with Crippen LogP contribution in [-0.4, -0.2) is 49.6 Å². The fraction of sp³-hybridized carbons (Fsp3) is 0.455. The Morgan fingerprint density at radius 1 is 1.24 bits per heavy atom. The van der Waals surface area contributed by atoms with Crippen LogP contribution in [0.15, 0.2) is 24.3 Å². The van der Waals surface area contributed by atoms with Crippen molar-refractivity contribution in [2.45, 2.75) is 40.0 Å². The van der Waals surface area contributed by atoms with Crippen molar-refractivity contribution < 1.29 is 14.7 Å². The van der Waals surface area contributed by atoms with Crippen molar-refractivity contribution in [2.24, 2.45) is 11.8 Å². The number of carboxylic acids is 1. The van der Waals surface area contributed by atoms with Crippen LogP contribution in [0.3, 0.4) is 0 Å². The number of nitrogens with zero attached hydrogens (tertiary/aromatic N) is 4. The van der Waals surface area contributed by atoms with E-state index in [-0.39, 0.29) is 17.7 Å². The normalized spacial score (nSPS) is 19.8. The molecule has 7 nitrogen and oxygen atoms in total. The lowest BCUT2D eigenvalue weighted by molar-refractivity contribution is -0.148. The number of amides is 1. The summed E-state index contributed by atoms with van der Waals surface area (Å²) in [5, 5.41) is 15.0. The number of aryl methyl sites for hydroxylation is 2. The predicted octanol–water partition coefficient (Wildman–Crippen LogP) is 3.00. The Labute approximate surface area is 169 Å². The molecule has 1 amide bonds. The summed E-state index contributed by atoms with van der Waals surface area (Å²) in [6, 6.07) is 7.95. The molecule has 1 aliphatic rings. The van der Waals surface area contributed by atoms with Crippen LogP contribution in [-0.2, 0) is 16.0 Å². The van der Waals surface area contributed by atoms with Crippen LogP contribution in [0.4, 0.5) is 0 Å².